The predicted octanol–water partition coefficient (Wildman–Crippen LogP) is 0.529. The molecule has 2 heterocycles. The molecule has 27 heavy (non-hydrogen) atoms. The number of methoxy groups -OCH3 is 1. The van der Waals surface area contributed by atoms with Crippen molar-refractivity contribution in [3.8, 4) is 0 Å². The number of halogens is 1. The highest BCUT2D eigenvalue weighted by Gasteiger charge is 2.41. The normalized spacial score (nSPS) is 24.5. The number of urea groups is 1. The highest BCUT2D eigenvalue weighted by Crippen LogP contribution is 2.34. The lowest BCUT2D eigenvalue weighted by molar-refractivity contribution is -0.145. The lowest BCUT2D eigenvalue weighted by Crippen LogP contribution is -2.34. The van der Waals surface area contributed by atoms with Crippen molar-refractivity contribution < 1.29 is 28.3 Å². The van der Waals surface area contributed by atoms with Crippen molar-refractivity contribution in [1.29, 1.82) is 0 Å². The van der Waals surface area contributed by atoms with Crippen LogP contribution in [0.25, 0.3) is 0 Å². The van der Waals surface area contributed by atoms with Crippen molar-refractivity contribution in [2.75, 3.05) is 20.2 Å². The zero-order valence-corrected chi connectivity index (χ0v) is 14.7. The maximum absolute atomic E-state index is 13.2. The monoisotopic (exact) mass is 377 g/mol. The van der Waals surface area contributed by atoms with Crippen molar-refractivity contribution in [2.45, 2.75) is 24.8 Å². The summed E-state index contributed by atoms with van der Waals surface area (Å²) in [6, 6.07) is 4.53. The van der Waals surface area contributed by atoms with Crippen molar-refractivity contribution in [3.05, 3.63) is 35.6 Å². The second-order valence-corrected chi connectivity index (χ2v) is 6.64. The number of nitrogens with one attached hydrogen (secondary N) is 2. The van der Waals surface area contributed by atoms with Gasteiger partial charge in [0.15, 0.2) is 0 Å². The molecule has 2 saturated heterocycles. The Morgan fingerprint density at radius 2 is 1.93 bits per heavy atom. The summed E-state index contributed by atoms with van der Waals surface area (Å²) in [5.41, 5.74) is 0.754. The largest absolute Gasteiger partial charge is 0.469 e. The molecule has 2 aliphatic heterocycles. The summed E-state index contributed by atoms with van der Waals surface area (Å²) in [5, 5.41) is 4.56. The molecule has 2 fully saturated rings. The second-order valence-electron chi connectivity index (χ2n) is 6.64. The van der Waals surface area contributed by atoms with Gasteiger partial charge in [-0.15, -0.1) is 0 Å². The Bertz CT molecular complexity index is 767. The maximum Gasteiger partial charge on any atom is 0.322 e. The van der Waals surface area contributed by atoms with Crippen LogP contribution in [0.2, 0.25) is 0 Å². The number of imide groups is 1. The molecule has 0 bridgehead atoms. The van der Waals surface area contributed by atoms with E-state index in [1.165, 1.54) is 19.2 Å². The molecule has 0 aromatic heterocycles. The predicted molar refractivity (Wildman–Crippen MR) is 90.9 cm³/mol. The molecule has 3 atom stereocenters. The van der Waals surface area contributed by atoms with Crippen molar-refractivity contribution >= 4 is 23.8 Å². The summed E-state index contributed by atoms with van der Waals surface area (Å²) >= 11 is 0. The molecule has 144 valence electrons. The maximum atomic E-state index is 13.2. The molecule has 0 saturated carbocycles. The van der Waals surface area contributed by atoms with Gasteiger partial charge in [-0.3, -0.25) is 19.7 Å². The standard InChI is InChI=1S/C18H20FN3O5/c1-27-17(25)13-9-22(8-12(13)10-2-4-11(19)5-3-10)15(23)7-6-14-16(24)21-18(26)20-14/h2-5,12-14H,6-9H2,1H3,(H2,20,21,24,26)/t12-,13+,14?/m1/s1. The minimum absolute atomic E-state index is 0.0579. The van der Waals surface area contributed by atoms with E-state index in [1.54, 1.807) is 17.0 Å². The Hall–Kier alpha value is -2.97. The fourth-order valence-electron chi connectivity index (χ4n) is 3.53. The van der Waals surface area contributed by atoms with E-state index < -0.39 is 29.9 Å². The SMILES string of the molecule is COC(=O)[C@H]1CN(C(=O)CCC2NC(=O)NC2=O)C[C@@H]1c1ccc(F)cc1. The summed E-state index contributed by atoms with van der Waals surface area (Å²) < 4.78 is 18.0. The third kappa shape index (κ3) is 4.07. The quantitative estimate of drug-likeness (QED) is 0.575. The Kier molecular flexibility index (Phi) is 5.38. The highest BCUT2D eigenvalue weighted by atomic mass is 19.1. The third-order valence-corrected chi connectivity index (χ3v) is 4.98. The lowest BCUT2D eigenvalue weighted by Gasteiger charge is -2.17. The topological polar surface area (TPSA) is 105 Å². The molecule has 1 aromatic carbocycles. The van der Waals surface area contributed by atoms with Crippen LogP contribution >= 0.6 is 0 Å². The van der Waals surface area contributed by atoms with Gasteiger partial charge in [0.25, 0.3) is 5.91 Å². The van der Waals surface area contributed by atoms with Crippen LogP contribution in [-0.4, -0.2) is 55.0 Å². The Labute approximate surface area is 155 Å². The molecular formula is C18H20FN3O5. The lowest BCUT2D eigenvalue weighted by atomic mass is 9.89. The minimum atomic E-state index is -0.728. The van der Waals surface area contributed by atoms with Crippen LogP contribution in [0.1, 0.15) is 24.3 Å². The van der Waals surface area contributed by atoms with Gasteiger partial charge in [0.2, 0.25) is 5.91 Å². The molecule has 1 aromatic rings. The molecule has 2 N–H and O–H groups in total. The van der Waals surface area contributed by atoms with E-state index in [1.807, 2.05) is 0 Å². The third-order valence-electron chi connectivity index (χ3n) is 4.98. The number of esters is 1. The highest BCUT2D eigenvalue weighted by molar-refractivity contribution is 6.04. The molecule has 0 spiro atoms. The first-order valence-electron chi connectivity index (χ1n) is 8.61. The van der Waals surface area contributed by atoms with Crippen LogP contribution in [0, 0.1) is 11.7 Å². The van der Waals surface area contributed by atoms with E-state index in [0.29, 0.717) is 6.54 Å². The van der Waals surface area contributed by atoms with Crippen LogP contribution in [-0.2, 0) is 19.1 Å². The first kappa shape index (κ1) is 18.8. The zero-order valence-electron chi connectivity index (χ0n) is 14.7. The van der Waals surface area contributed by atoms with Gasteiger partial charge in [0.05, 0.1) is 13.0 Å². The van der Waals surface area contributed by atoms with Gasteiger partial charge in [-0.25, -0.2) is 9.18 Å². The number of hydrogen-bond donors (Lipinski definition) is 2. The summed E-state index contributed by atoms with van der Waals surface area (Å²) in [5.74, 6) is -2.32. The van der Waals surface area contributed by atoms with Crippen LogP contribution < -0.4 is 10.6 Å². The minimum Gasteiger partial charge on any atom is -0.469 e. The van der Waals surface area contributed by atoms with Crippen LogP contribution in [0.4, 0.5) is 9.18 Å². The fraction of sp³-hybridized carbons (Fsp3) is 0.444. The number of benzene rings is 1. The number of likely N-dealkylation sites (tertiary alicyclic amines) is 1. The number of carbonyl (C=O) groups excluding carboxylic acids is 4. The van der Waals surface area contributed by atoms with Crippen molar-refractivity contribution in [1.82, 2.24) is 15.5 Å². The molecule has 9 heteroatoms. The van der Waals surface area contributed by atoms with E-state index in [4.69, 9.17) is 4.74 Å². The molecule has 8 nitrogen and oxygen atoms in total. The number of amides is 4. The van der Waals surface area contributed by atoms with E-state index in [9.17, 15) is 23.6 Å². The van der Waals surface area contributed by atoms with E-state index >= 15 is 0 Å². The zero-order chi connectivity index (χ0) is 19.6. The van der Waals surface area contributed by atoms with Crippen LogP contribution in [0.15, 0.2) is 24.3 Å². The van der Waals surface area contributed by atoms with Gasteiger partial charge < -0.3 is 15.0 Å². The molecule has 0 aliphatic carbocycles. The molecule has 0 radical (unpaired) electrons. The molecule has 3 rings (SSSR count). The van der Waals surface area contributed by atoms with Gasteiger partial charge in [-0.1, -0.05) is 12.1 Å². The summed E-state index contributed by atoms with van der Waals surface area (Å²) in [7, 11) is 1.29. The van der Waals surface area contributed by atoms with Gasteiger partial charge in [-0.2, -0.15) is 0 Å². The van der Waals surface area contributed by atoms with Crippen molar-refractivity contribution in [3.63, 3.8) is 0 Å². The van der Waals surface area contributed by atoms with E-state index in [-0.39, 0.29) is 37.0 Å². The van der Waals surface area contributed by atoms with Gasteiger partial charge in [0, 0.05) is 25.4 Å². The van der Waals surface area contributed by atoms with Crippen LogP contribution in [0.3, 0.4) is 0 Å². The Morgan fingerprint density at radius 1 is 1.22 bits per heavy atom. The van der Waals surface area contributed by atoms with Crippen LogP contribution in [0.5, 0.6) is 0 Å². The van der Waals surface area contributed by atoms with Crippen molar-refractivity contribution in [2.24, 2.45) is 5.92 Å². The Morgan fingerprint density at radius 3 is 2.52 bits per heavy atom. The van der Waals surface area contributed by atoms with Gasteiger partial charge in [-0.05, 0) is 24.1 Å². The summed E-state index contributed by atoms with van der Waals surface area (Å²) in [6.07, 6.45) is 0.236. The number of hydrogen-bond acceptors (Lipinski definition) is 5. The summed E-state index contributed by atoms with van der Waals surface area (Å²) in [6.45, 7) is 0.490. The van der Waals surface area contributed by atoms with E-state index in [2.05, 4.69) is 10.6 Å². The van der Waals surface area contributed by atoms with E-state index in [0.717, 1.165) is 5.56 Å². The number of ether oxygens (including phenoxy) is 1. The average molecular weight is 377 g/mol. The molecule has 2 aliphatic rings. The first-order valence-corrected chi connectivity index (χ1v) is 8.61. The molecule has 4 amide bonds. The summed E-state index contributed by atoms with van der Waals surface area (Å²) in [4.78, 5) is 48.9. The Balaban J connectivity index is 1.66. The first-order chi connectivity index (χ1) is 12.9. The smallest absolute Gasteiger partial charge is 0.322 e. The van der Waals surface area contributed by atoms with Gasteiger partial charge >= 0.3 is 12.0 Å². The number of nitrogens with zero attached hydrogens (tertiary/aromatic N) is 1. The molecular weight excluding hydrogens is 357 g/mol. The fourth-order valence-corrected chi connectivity index (χ4v) is 3.53. The second kappa shape index (κ2) is 7.73. The molecule has 1 unspecified atom stereocenters. The number of carbonyl (C=O) groups is 4. The van der Waals surface area contributed by atoms with Gasteiger partial charge in [0.1, 0.15) is 11.9 Å². The average Bonchev–Trinajstić information content (AvgIpc) is 3.23. The number of rotatable bonds is 5.